The van der Waals surface area contributed by atoms with Gasteiger partial charge < -0.3 is 5.32 Å². The summed E-state index contributed by atoms with van der Waals surface area (Å²) in [6, 6.07) is 8.17. The zero-order chi connectivity index (χ0) is 14.3. The van der Waals surface area contributed by atoms with Crippen LogP contribution in [0.25, 0.3) is 11.0 Å². The molecule has 3 heterocycles. The summed E-state index contributed by atoms with van der Waals surface area (Å²) in [4.78, 5) is 8.89. The van der Waals surface area contributed by atoms with Gasteiger partial charge in [0.05, 0.1) is 11.6 Å². The fourth-order valence-corrected chi connectivity index (χ4v) is 2.82. The lowest BCUT2D eigenvalue weighted by Gasteiger charge is -2.16. The van der Waals surface area contributed by atoms with Gasteiger partial charge >= 0.3 is 0 Å². The Morgan fingerprint density at radius 3 is 2.86 bits per heavy atom. The highest BCUT2D eigenvalue weighted by atomic mass is 15.3. The average molecular weight is 279 g/mol. The molecule has 0 atom stereocenters. The van der Waals surface area contributed by atoms with Crippen molar-refractivity contribution >= 4 is 16.7 Å². The smallest absolute Gasteiger partial charge is 0.159 e. The van der Waals surface area contributed by atoms with E-state index in [0.717, 1.165) is 23.3 Å². The molecule has 1 N–H and O–H groups in total. The van der Waals surface area contributed by atoms with Crippen molar-refractivity contribution in [3.05, 3.63) is 48.5 Å². The van der Waals surface area contributed by atoms with Crippen LogP contribution in [0.3, 0.4) is 0 Å². The van der Waals surface area contributed by atoms with Crippen LogP contribution in [-0.4, -0.2) is 26.3 Å². The van der Waals surface area contributed by atoms with Gasteiger partial charge in [-0.3, -0.25) is 9.67 Å². The van der Waals surface area contributed by atoms with Gasteiger partial charge in [0.1, 0.15) is 0 Å². The van der Waals surface area contributed by atoms with Crippen LogP contribution in [0.2, 0.25) is 0 Å². The van der Waals surface area contributed by atoms with Crippen LogP contribution in [0.5, 0.6) is 0 Å². The summed E-state index contributed by atoms with van der Waals surface area (Å²) in [7, 11) is 1.91. The molecule has 21 heavy (non-hydrogen) atoms. The van der Waals surface area contributed by atoms with E-state index in [9.17, 15) is 0 Å². The molecule has 0 aromatic carbocycles. The molecule has 5 heteroatoms. The van der Waals surface area contributed by atoms with Gasteiger partial charge in [0.15, 0.2) is 5.65 Å². The SMILES string of the molecule is Cn1ncc2c(NCC3(c4ccccn4)CC3)ccnc21. The molecule has 5 nitrogen and oxygen atoms in total. The Morgan fingerprint density at radius 2 is 2.10 bits per heavy atom. The number of fused-ring (bicyclic) bond motifs is 1. The Kier molecular flexibility index (Phi) is 2.67. The van der Waals surface area contributed by atoms with Crippen molar-refractivity contribution in [2.24, 2.45) is 7.05 Å². The summed E-state index contributed by atoms with van der Waals surface area (Å²) in [5, 5.41) is 8.91. The average Bonchev–Trinajstić information content (AvgIpc) is 3.24. The first-order chi connectivity index (χ1) is 10.3. The van der Waals surface area contributed by atoms with Gasteiger partial charge in [-0.25, -0.2) is 4.98 Å². The van der Waals surface area contributed by atoms with Gasteiger partial charge in [0.25, 0.3) is 0 Å². The van der Waals surface area contributed by atoms with Crippen LogP contribution in [0.1, 0.15) is 18.5 Å². The third-order valence-corrected chi connectivity index (χ3v) is 4.31. The fourth-order valence-electron chi connectivity index (χ4n) is 2.82. The van der Waals surface area contributed by atoms with E-state index in [0.29, 0.717) is 0 Å². The molecule has 0 spiro atoms. The largest absolute Gasteiger partial charge is 0.383 e. The van der Waals surface area contributed by atoms with Crippen LogP contribution in [0, 0.1) is 0 Å². The minimum atomic E-state index is 0.194. The van der Waals surface area contributed by atoms with Crippen LogP contribution < -0.4 is 5.32 Å². The van der Waals surface area contributed by atoms with Gasteiger partial charge in [0.2, 0.25) is 0 Å². The topological polar surface area (TPSA) is 55.6 Å². The van der Waals surface area contributed by atoms with Crippen LogP contribution in [0.15, 0.2) is 42.9 Å². The minimum absolute atomic E-state index is 0.194. The van der Waals surface area contributed by atoms with E-state index in [1.54, 1.807) is 4.68 Å². The summed E-state index contributed by atoms with van der Waals surface area (Å²) in [6.07, 6.45) is 7.95. The second-order valence-electron chi connectivity index (χ2n) is 5.71. The molecule has 0 bridgehead atoms. The van der Waals surface area contributed by atoms with Crippen molar-refractivity contribution < 1.29 is 0 Å². The maximum Gasteiger partial charge on any atom is 0.159 e. The highest BCUT2D eigenvalue weighted by molar-refractivity contribution is 5.88. The summed E-state index contributed by atoms with van der Waals surface area (Å²) in [6.45, 7) is 0.901. The minimum Gasteiger partial charge on any atom is -0.383 e. The molecule has 1 fully saturated rings. The molecule has 1 aliphatic carbocycles. The first kappa shape index (κ1) is 12.3. The first-order valence-electron chi connectivity index (χ1n) is 7.21. The Morgan fingerprint density at radius 1 is 1.19 bits per heavy atom. The predicted molar refractivity (Wildman–Crippen MR) is 82.1 cm³/mol. The summed E-state index contributed by atoms with van der Waals surface area (Å²) >= 11 is 0. The van der Waals surface area contributed by atoms with Crippen molar-refractivity contribution in [3.63, 3.8) is 0 Å². The maximum atomic E-state index is 4.52. The summed E-state index contributed by atoms with van der Waals surface area (Å²) < 4.78 is 1.80. The van der Waals surface area contributed by atoms with Crippen molar-refractivity contribution in [3.8, 4) is 0 Å². The van der Waals surface area contributed by atoms with E-state index in [2.05, 4.69) is 32.5 Å². The number of aryl methyl sites for hydroxylation is 1. The summed E-state index contributed by atoms with van der Waals surface area (Å²) in [5.41, 5.74) is 3.38. The van der Waals surface area contributed by atoms with E-state index in [4.69, 9.17) is 0 Å². The quantitative estimate of drug-likeness (QED) is 0.797. The summed E-state index contributed by atoms with van der Waals surface area (Å²) in [5.74, 6) is 0. The Balaban J connectivity index is 1.59. The van der Waals surface area contributed by atoms with Crippen LogP contribution in [-0.2, 0) is 12.5 Å². The molecule has 0 saturated heterocycles. The number of pyridine rings is 2. The molecule has 4 rings (SSSR count). The maximum absolute atomic E-state index is 4.52. The van der Waals surface area contributed by atoms with Crippen molar-refractivity contribution in [2.75, 3.05) is 11.9 Å². The van der Waals surface area contributed by atoms with Crippen molar-refractivity contribution in [1.82, 2.24) is 19.7 Å². The van der Waals surface area contributed by atoms with E-state index in [1.807, 2.05) is 37.8 Å². The van der Waals surface area contributed by atoms with E-state index in [-0.39, 0.29) is 5.41 Å². The van der Waals surface area contributed by atoms with Crippen molar-refractivity contribution in [1.29, 1.82) is 0 Å². The van der Waals surface area contributed by atoms with Gasteiger partial charge in [0, 0.05) is 42.8 Å². The van der Waals surface area contributed by atoms with E-state index < -0.39 is 0 Å². The number of anilines is 1. The molecular weight excluding hydrogens is 262 g/mol. The van der Waals surface area contributed by atoms with Crippen molar-refractivity contribution in [2.45, 2.75) is 18.3 Å². The monoisotopic (exact) mass is 279 g/mol. The Labute approximate surface area is 123 Å². The molecule has 106 valence electrons. The molecule has 3 aromatic rings. The number of hydrogen-bond acceptors (Lipinski definition) is 4. The molecule has 1 aliphatic rings. The van der Waals surface area contributed by atoms with E-state index in [1.165, 1.54) is 18.5 Å². The normalized spacial score (nSPS) is 16.0. The Bertz CT molecular complexity index is 774. The third kappa shape index (κ3) is 2.05. The predicted octanol–water partition coefficient (Wildman–Crippen LogP) is 2.51. The lowest BCUT2D eigenvalue weighted by Crippen LogP contribution is -2.20. The zero-order valence-electron chi connectivity index (χ0n) is 12.0. The van der Waals surface area contributed by atoms with Crippen LogP contribution >= 0.6 is 0 Å². The molecular formula is C16H17N5. The first-order valence-corrected chi connectivity index (χ1v) is 7.21. The van der Waals surface area contributed by atoms with Gasteiger partial charge in [-0.2, -0.15) is 5.10 Å². The molecule has 3 aromatic heterocycles. The third-order valence-electron chi connectivity index (χ3n) is 4.31. The van der Waals surface area contributed by atoms with Gasteiger partial charge in [-0.1, -0.05) is 6.07 Å². The number of aromatic nitrogens is 4. The number of rotatable bonds is 4. The second kappa shape index (κ2) is 4.55. The second-order valence-corrected chi connectivity index (χ2v) is 5.71. The highest BCUT2D eigenvalue weighted by Crippen LogP contribution is 2.47. The van der Waals surface area contributed by atoms with Gasteiger partial charge in [-0.15, -0.1) is 0 Å². The lowest BCUT2D eigenvalue weighted by atomic mass is 10.0. The Hall–Kier alpha value is -2.43. The molecule has 0 aliphatic heterocycles. The fraction of sp³-hybridized carbons (Fsp3) is 0.312. The molecule has 0 unspecified atom stereocenters. The number of nitrogens with one attached hydrogen (secondary N) is 1. The standard InChI is InChI=1S/C16H17N5/c1-21-15-12(10-20-21)13(5-9-18-15)19-11-16(6-7-16)14-4-2-3-8-17-14/h2-5,8-10H,6-7,11H2,1H3,(H,18,19). The molecule has 1 saturated carbocycles. The van der Waals surface area contributed by atoms with Gasteiger partial charge in [-0.05, 0) is 31.0 Å². The zero-order valence-corrected chi connectivity index (χ0v) is 12.0. The molecule has 0 amide bonds. The highest BCUT2D eigenvalue weighted by Gasteiger charge is 2.45. The molecule has 0 radical (unpaired) electrons. The van der Waals surface area contributed by atoms with Crippen LogP contribution in [0.4, 0.5) is 5.69 Å². The van der Waals surface area contributed by atoms with E-state index >= 15 is 0 Å². The number of hydrogen-bond donors (Lipinski definition) is 1. The number of nitrogens with zero attached hydrogens (tertiary/aromatic N) is 4. The lowest BCUT2D eigenvalue weighted by molar-refractivity contribution is 0.703.